The molecular weight excluding hydrogens is 230 g/mol. The van der Waals surface area contributed by atoms with Gasteiger partial charge in [-0.15, -0.1) is 0 Å². The van der Waals surface area contributed by atoms with Crippen LogP contribution in [-0.4, -0.2) is 26.2 Å². The molecule has 0 aliphatic carbocycles. The maximum atomic E-state index is 11.2. The van der Waals surface area contributed by atoms with Gasteiger partial charge in [-0.1, -0.05) is 11.6 Å². The summed E-state index contributed by atoms with van der Waals surface area (Å²) in [5.41, 5.74) is 0.814. The van der Waals surface area contributed by atoms with Crippen molar-refractivity contribution in [2.24, 2.45) is 0 Å². The standard InChI is InChI=1S/C11H12ClNO3/c1-13-10(14)6-7-4-8(12)11-9(5-7)15-2-3-16-11/h4-5H,2-3,6H2,1H3,(H,13,14). The second-order valence-corrected chi connectivity index (χ2v) is 3.86. The Kier molecular flexibility index (Phi) is 3.19. The van der Waals surface area contributed by atoms with E-state index < -0.39 is 0 Å². The molecule has 5 heteroatoms. The molecule has 4 nitrogen and oxygen atoms in total. The molecule has 1 aromatic carbocycles. The van der Waals surface area contributed by atoms with Crippen molar-refractivity contribution >= 4 is 17.5 Å². The van der Waals surface area contributed by atoms with E-state index in [1.165, 1.54) is 0 Å². The predicted molar refractivity (Wildman–Crippen MR) is 60.2 cm³/mol. The van der Waals surface area contributed by atoms with Gasteiger partial charge in [-0.2, -0.15) is 0 Å². The van der Waals surface area contributed by atoms with Crippen LogP contribution in [0.15, 0.2) is 12.1 Å². The summed E-state index contributed by atoms with van der Waals surface area (Å²) in [6.07, 6.45) is 0.285. The summed E-state index contributed by atoms with van der Waals surface area (Å²) in [4.78, 5) is 11.2. The Morgan fingerprint density at radius 2 is 2.19 bits per heavy atom. The smallest absolute Gasteiger partial charge is 0.224 e. The van der Waals surface area contributed by atoms with Crippen LogP contribution in [-0.2, 0) is 11.2 Å². The molecule has 1 aliphatic rings. The summed E-state index contributed by atoms with van der Waals surface area (Å²) >= 11 is 6.04. The lowest BCUT2D eigenvalue weighted by Crippen LogP contribution is -2.20. The van der Waals surface area contributed by atoms with Gasteiger partial charge in [-0.25, -0.2) is 0 Å². The molecular formula is C11H12ClNO3. The van der Waals surface area contributed by atoms with Crippen LogP contribution in [0.1, 0.15) is 5.56 Å². The zero-order chi connectivity index (χ0) is 11.5. The normalized spacial score (nSPS) is 13.4. The number of hydrogen-bond acceptors (Lipinski definition) is 3. The molecule has 0 radical (unpaired) electrons. The van der Waals surface area contributed by atoms with Crippen molar-refractivity contribution in [1.82, 2.24) is 5.32 Å². The molecule has 0 atom stereocenters. The van der Waals surface area contributed by atoms with Crippen LogP contribution in [0.2, 0.25) is 5.02 Å². The van der Waals surface area contributed by atoms with Crippen LogP contribution in [0.4, 0.5) is 0 Å². The van der Waals surface area contributed by atoms with Gasteiger partial charge in [0, 0.05) is 7.05 Å². The van der Waals surface area contributed by atoms with Crippen molar-refractivity contribution in [3.05, 3.63) is 22.7 Å². The fourth-order valence-electron chi connectivity index (χ4n) is 1.54. The predicted octanol–water partition coefficient (Wildman–Crippen LogP) is 1.40. The second-order valence-electron chi connectivity index (χ2n) is 3.45. The van der Waals surface area contributed by atoms with Crippen molar-refractivity contribution in [3.8, 4) is 11.5 Å². The number of hydrogen-bond donors (Lipinski definition) is 1. The van der Waals surface area contributed by atoms with E-state index in [0.717, 1.165) is 5.56 Å². The lowest BCUT2D eigenvalue weighted by molar-refractivity contribution is -0.119. The lowest BCUT2D eigenvalue weighted by atomic mass is 10.1. The number of carbonyl (C=O) groups is 1. The van der Waals surface area contributed by atoms with Gasteiger partial charge in [0.1, 0.15) is 13.2 Å². The zero-order valence-corrected chi connectivity index (χ0v) is 9.63. The molecule has 0 bridgehead atoms. The first-order valence-corrected chi connectivity index (χ1v) is 5.37. The third kappa shape index (κ3) is 2.22. The van der Waals surface area contributed by atoms with E-state index in [2.05, 4.69) is 5.32 Å². The summed E-state index contributed by atoms with van der Waals surface area (Å²) in [7, 11) is 1.60. The van der Waals surface area contributed by atoms with Gasteiger partial charge in [-0.05, 0) is 17.7 Å². The molecule has 86 valence electrons. The minimum atomic E-state index is -0.0623. The first kappa shape index (κ1) is 11.1. The Morgan fingerprint density at radius 3 is 2.94 bits per heavy atom. The van der Waals surface area contributed by atoms with Crippen molar-refractivity contribution in [2.75, 3.05) is 20.3 Å². The molecule has 1 aromatic rings. The summed E-state index contributed by atoms with van der Waals surface area (Å²) in [5, 5.41) is 3.04. The van der Waals surface area contributed by atoms with Crippen LogP contribution in [0.25, 0.3) is 0 Å². The van der Waals surface area contributed by atoms with Gasteiger partial charge in [0.15, 0.2) is 11.5 Å². The monoisotopic (exact) mass is 241 g/mol. The highest BCUT2D eigenvalue weighted by atomic mass is 35.5. The zero-order valence-electron chi connectivity index (χ0n) is 8.88. The van der Waals surface area contributed by atoms with Crippen LogP contribution in [0.3, 0.4) is 0 Å². The SMILES string of the molecule is CNC(=O)Cc1cc(Cl)c2c(c1)OCCO2. The molecule has 1 heterocycles. The largest absolute Gasteiger partial charge is 0.486 e. The average Bonchev–Trinajstić information content (AvgIpc) is 2.29. The molecule has 0 unspecified atom stereocenters. The molecule has 1 amide bonds. The Bertz CT molecular complexity index is 420. The Labute approximate surface area is 98.5 Å². The van der Waals surface area contributed by atoms with Gasteiger partial charge in [0.2, 0.25) is 5.91 Å². The van der Waals surface area contributed by atoms with E-state index in [9.17, 15) is 4.79 Å². The highest BCUT2D eigenvalue weighted by molar-refractivity contribution is 6.32. The van der Waals surface area contributed by atoms with E-state index in [1.807, 2.05) is 0 Å². The van der Waals surface area contributed by atoms with Gasteiger partial charge in [0.05, 0.1) is 11.4 Å². The minimum absolute atomic E-state index is 0.0623. The first-order chi connectivity index (χ1) is 7.70. The molecule has 0 saturated carbocycles. The summed E-state index contributed by atoms with van der Waals surface area (Å²) < 4.78 is 10.8. The summed E-state index contributed by atoms with van der Waals surface area (Å²) in [5.74, 6) is 1.11. The first-order valence-electron chi connectivity index (χ1n) is 4.99. The minimum Gasteiger partial charge on any atom is -0.486 e. The van der Waals surface area contributed by atoms with Crippen molar-refractivity contribution in [3.63, 3.8) is 0 Å². The number of ether oxygens (including phenoxy) is 2. The molecule has 0 spiro atoms. The average molecular weight is 242 g/mol. The van der Waals surface area contributed by atoms with Crippen LogP contribution in [0.5, 0.6) is 11.5 Å². The quantitative estimate of drug-likeness (QED) is 0.852. The lowest BCUT2D eigenvalue weighted by Gasteiger charge is -2.20. The van der Waals surface area contributed by atoms with Gasteiger partial charge in [0.25, 0.3) is 0 Å². The molecule has 0 aromatic heterocycles. The number of likely N-dealkylation sites (N-methyl/N-ethyl adjacent to an activating group) is 1. The maximum absolute atomic E-state index is 11.2. The van der Waals surface area contributed by atoms with Crippen molar-refractivity contribution in [1.29, 1.82) is 0 Å². The number of amides is 1. The van der Waals surface area contributed by atoms with Gasteiger partial charge >= 0.3 is 0 Å². The van der Waals surface area contributed by atoms with Crippen molar-refractivity contribution in [2.45, 2.75) is 6.42 Å². The number of nitrogens with one attached hydrogen (secondary N) is 1. The van der Waals surface area contributed by atoms with Crippen LogP contribution >= 0.6 is 11.6 Å². The number of halogens is 1. The topological polar surface area (TPSA) is 47.6 Å². The summed E-state index contributed by atoms with van der Waals surface area (Å²) in [6.45, 7) is 1.01. The molecule has 1 aliphatic heterocycles. The van der Waals surface area contributed by atoms with E-state index in [-0.39, 0.29) is 12.3 Å². The molecule has 2 rings (SSSR count). The van der Waals surface area contributed by atoms with Gasteiger partial charge < -0.3 is 14.8 Å². The van der Waals surface area contributed by atoms with Gasteiger partial charge in [-0.3, -0.25) is 4.79 Å². The van der Waals surface area contributed by atoms with Crippen molar-refractivity contribution < 1.29 is 14.3 Å². The highest BCUT2D eigenvalue weighted by Gasteiger charge is 2.17. The Morgan fingerprint density at radius 1 is 1.44 bits per heavy atom. The highest BCUT2D eigenvalue weighted by Crippen LogP contribution is 2.38. The molecule has 0 saturated heterocycles. The van der Waals surface area contributed by atoms with E-state index in [4.69, 9.17) is 21.1 Å². The Hall–Kier alpha value is -1.42. The van der Waals surface area contributed by atoms with E-state index in [1.54, 1.807) is 19.2 Å². The Balaban J connectivity index is 2.28. The van der Waals surface area contributed by atoms with E-state index >= 15 is 0 Å². The molecule has 16 heavy (non-hydrogen) atoms. The van der Waals surface area contributed by atoms with Crippen LogP contribution in [0, 0.1) is 0 Å². The maximum Gasteiger partial charge on any atom is 0.224 e. The fraction of sp³-hybridized carbons (Fsp3) is 0.364. The molecule has 0 fully saturated rings. The third-order valence-electron chi connectivity index (χ3n) is 2.30. The molecule has 1 N–H and O–H groups in total. The number of rotatable bonds is 2. The number of carbonyl (C=O) groups excluding carboxylic acids is 1. The number of benzene rings is 1. The van der Waals surface area contributed by atoms with Crippen LogP contribution < -0.4 is 14.8 Å². The summed E-state index contributed by atoms with van der Waals surface area (Å²) in [6, 6.07) is 3.51. The number of fused-ring (bicyclic) bond motifs is 1. The van der Waals surface area contributed by atoms with E-state index in [0.29, 0.717) is 29.7 Å². The second kappa shape index (κ2) is 4.61. The fourth-order valence-corrected chi connectivity index (χ4v) is 1.83. The third-order valence-corrected chi connectivity index (χ3v) is 2.58.